The first-order valence-electron chi connectivity index (χ1n) is 8.37. The Balaban J connectivity index is 0.00000225. The fraction of sp³-hybridized carbons (Fsp3) is 0.444. The second-order valence-electron chi connectivity index (χ2n) is 6.66. The molecule has 0 saturated heterocycles. The van der Waals surface area contributed by atoms with Crippen molar-refractivity contribution in [1.29, 1.82) is 0 Å². The molecule has 0 aliphatic carbocycles. The van der Waals surface area contributed by atoms with Crippen molar-refractivity contribution in [3.05, 3.63) is 51.8 Å². The summed E-state index contributed by atoms with van der Waals surface area (Å²) in [6.07, 6.45) is 1.74. The molecule has 1 aromatic heterocycles. The van der Waals surface area contributed by atoms with E-state index in [-0.39, 0.29) is 24.4 Å². The highest BCUT2D eigenvalue weighted by Crippen LogP contribution is 2.24. The highest BCUT2D eigenvalue weighted by atomic mass is 35.5. The lowest BCUT2D eigenvalue weighted by atomic mass is 9.96. The monoisotopic (exact) mass is 382 g/mol. The van der Waals surface area contributed by atoms with Gasteiger partial charge in [0.2, 0.25) is 0 Å². The van der Waals surface area contributed by atoms with Crippen LogP contribution in [0, 0.1) is 5.92 Å². The van der Waals surface area contributed by atoms with Gasteiger partial charge in [-0.25, -0.2) is 0 Å². The molecule has 3 N–H and O–H groups in total. The van der Waals surface area contributed by atoms with Crippen LogP contribution in [-0.4, -0.2) is 22.6 Å². The molecule has 5 nitrogen and oxygen atoms in total. The summed E-state index contributed by atoms with van der Waals surface area (Å²) in [7, 11) is 0. The van der Waals surface area contributed by atoms with Gasteiger partial charge in [0.05, 0.1) is 6.04 Å². The summed E-state index contributed by atoms with van der Waals surface area (Å²) in [6.45, 7) is 5.90. The Kier molecular flexibility index (Phi) is 6.87. The maximum Gasteiger partial charge on any atom is 0.272 e. The Morgan fingerprint density at radius 1 is 1.32 bits per heavy atom. The molecule has 25 heavy (non-hydrogen) atoms. The van der Waals surface area contributed by atoms with Crippen molar-refractivity contribution in [3.63, 3.8) is 0 Å². The lowest BCUT2D eigenvalue weighted by molar-refractivity contribution is 0.0925. The maximum absolute atomic E-state index is 12.8. The summed E-state index contributed by atoms with van der Waals surface area (Å²) in [6, 6.07) is 7.60. The van der Waals surface area contributed by atoms with Crippen LogP contribution in [0.2, 0.25) is 5.02 Å². The van der Waals surface area contributed by atoms with Gasteiger partial charge in [0.15, 0.2) is 5.69 Å². The van der Waals surface area contributed by atoms with Crippen LogP contribution in [-0.2, 0) is 13.0 Å². The van der Waals surface area contributed by atoms with Crippen molar-refractivity contribution in [2.24, 2.45) is 5.92 Å². The Morgan fingerprint density at radius 2 is 2.04 bits per heavy atom. The van der Waals surface area contributed by atoms with Gasteiger partial charge < -0.3 is 10.6 Å². The lowest BCUT2D eigenvalue weighted by Crippen LogP contribution is -2.32. The van der Waals surface area contributed by atoms with Crippen LogP contribution in [0.5, 0.6) is 0 Å². The Morgan fingerprint density at radius 3 is 2.72 bits per heavy atom. The first kappa shape index (κ1) is 19.8. The number of carbonyl (C=O) groups is 1. The normalized spacial score (nSPS) is 14.6. The van der Waals surface area contributed by atoms with E-state index in [9.17, 15) is 4.79 Å². The number of benzene rings is 1. The number of fused-ring (bicyclic) bond motifs is 1. The molecule has 1 amide bonds. The zero-order valence-corrected chi connectivity index (χ0v) is 16.0. The van der Waals surface area contributed by atoms with Gasteiger partial charge in [-0.3, -0.25) is 9.89 Å². The average Bonchev–Trinajstić information content (AvgIpc) is 2.98. The van der Waals surface area contributed by atoms with E-state index in [1.54, 1.807) is 0 Å². The fourth-order valence-corrected chi connectivity index (χ4v) is 3.21. The largest absolute Gasteiger partial charge is 0.344 e. The fourth-order valence-electron chi connectivity index (χ4n) is 3.08. The molecule has 7 heteroatoms. The number of rotatable bonds is 5. The van der Waals surface area contributed by atoms with Crippen molar-refractivity contribution >= 4 is 29.9 Å². The topological polar surface area (TPSA) is 69.8 Å². The van der Waals surface area contributed by atoms with Gasteiger partial charge in [0.1, 0.15) is 0 Å². The summed E-state index contributed by atoms with van der Waals surface area (Å²) >= 11 is 5.98. The molecule has 0 radical (unpaired) electrons. The Hall–Kier alpha value is -1.56. The molecule has 2 heterocycles. The first-order valence-corrected chi connectivity index (χ1v) is 8.75. The van der Waals surface area contributed by atoms with E-state index in [4.69, 9.17) is 11.6 Å². The molecule has 1 atom stereocenters. The molecule has 3 rings (SSSR count). The highest BCUT2D eigenvalue weighted by molar-refractivity contribution is 6.30. The molecule has 2 aromatic rings. The molecule has 136 valence electrons. The quantitative estimate of drug-likeness (QED) is 0.738. The van der Waals surface area contributed by atoms with E-state index in [0.717, 1.165) is 36.2 Å². The molecule has 1 aliphatic heterocycles. The van der Waals surface area contributed by atoms with Crippen LogP contribution in [0.25, 0.3) is 0 Å². The minimum Gasteiger partial charge on any atom is -0.344 e. The molecule has 1 aromatic carbocycles. The third-order valence-electron chi connectivity index (χ3n) is 4.31. The van der Waals surface area contributed by atoms with E-state index < -0.39 is 0 Å². The molecule has 0 saturated carbocycles. The predicted molar refractivity (Wildman–Crippen MR) is 102 cm³/mol. The van der Waals surface area contributed by atoms with Gasteiger partial charge in [-0.05, 0) is 30.0 Å². The summed E-state index contributed by atoms with van der Waals surface area (Å²) in [4.78, 5) is 12.8. The number of halogens is 2. The molecular weight excluding hydrogens is 359 g/mol. The van der Waals surface area contributed by atoms with Gasteiger partial charge in [-0.1, -0.05) is 37.6 Å². The second kappa shape index (κ2) is 8.70. The number of amides is 1. The molecular formula is C18H24Cl2N4O. The summed E-state index contributed by atoms with van der Waals surface area (Å²) < 4.78 is 0. The number of hydrogen-bond donors (Lipinski definition) is 3. The van der Waals surface area contributed by atoms with Crippen molar-refractivity contribution in [3.8, 4) is 0 Å². The minimum atomic E-state index is -0.128. The van der Waals surface area contributed by atoms with E-state index in [1.807, 2.05) is 24.3 Å². The van der Waals surface area contributed by atoms with Crippen LogP contribution < -0.4 is 10.6 Å². The van der Waals surface area contributed by atoms with Crippen LogP contribution in [0.3, 0.4) is 0 Å². The summed E-state index contributed by atoms with van der Waals surface area (Å²) in [5, 5.41) is 14.4. The molecule has 0 fully saturated rings. The van der Waals surface area contributed by atoms with Gasteiger partial charge in [-0.2, -0.15) is 5.10 Å². The van der Waals surface area contributed by atoms with E-state index in [1.165, 1.54) is 0 Å². The molecule has 1 unspecified atom stereocenters. The first-order chi connectivity index (χ1) is 11.5. The lowest BCUT2D eigenvalue weighted by Gasteiger charge is -2.21. The van der Waals surface area contributed by atoms with Crippen molar-refractivity contribution in [2.75, 3.05) is 6.54 Å². The number of nitrogens with zero attached hydrogens (tertiary/aromatic N) is 1. The number of hydrogen-bond acceptors (Lipinski definition) is 3. The Labute approximate surface area is 159 Å². The average molecular weight is 383 g/mol. The van der Waals surface area contributed by atoms with Gasteiger partial charge in [-0.15, -0.1) is 12.4 Å². The van der Waals surface area contributed by atoms with Gasteiger partial charge in [0, 0.05) is 35.8 Å². The number of aromatic nitrogens is 2. The summed E-state index contributed by atoms with van der Waals surface area (Å²) in [5.41, 5.74) is 3.60. The van der Waals surface area contributed by atoms with Gasteiger partial charge in [0.25, 0.3) is 5.91 Å². The SMILES string of the molecule is CC(C)CC(NC(=O)c1n[nH]c2c1CNCC2)c1ccc(Cl)cc1.Cl. The minimum absolute atomic E-state index is 0. The van der Waals surface area contributed by atoms with Crippen LogP contribution in [0.1, 0.15) is 53.6 Å². The smallest absolute Gasteiger partial charge is 0.272 e. The Bertz CT molecular complexity index is 712. The standard InChI is InChI=1S/C18H23ClN4O.ClH/c1-11(2)9-16(12-3-5-13(19)6-4-12)21-18(24)17-14-10-20-8-7-15(14)22-23-17;/h3-6,11,16,20H,7-10H2,1-2H3,(H,21,24)(H,22,23);1H. The number of nitrogens with one attached hydrogen (secondary N) is 3. The number of aromatic amines is 1. The van der Waals surface area contributed by atoms with Crippen LogP contribution >= 0.6 is 24.0 Å². The van der Waals surface area contributed by atoms with Crippen LogP contribution in [0.4, 0.5) is 0 Å². The molecule has 0 spiro atoms. The predicted octanol–water partition coefficient (Wildman–Crippen LogP) is 3.65. The zero-order chi connectivity index (χ0) is 17.1. The zero-order valence-electron chi connectivity index (χ0n) is 14.4. The number of H-pyrrole nitrogens is 1. The highest BCUT2D eigenvalue weighted by Gasteiger charge is 2.24. The third-order valence-corrected chi connectivity index (χ3v) is 4.56. The van der Waals surface area contributed by atoms with Gasteiger partial charge >= 0.3 is 0 Å². The van der Waals surface area contributed by atoms with E-state index >= 15 is 0 Å². The van der Waals surface area contributed by atoms with E-state index in [0.29, 0.717) is 23.2 Å². The van der Waals surface area contributed by atoms with Crippen LogP contribution in [0.15, 0.2) is 24.3 Å². The third kappa shape index (κ3) is 4.75. The van der Waals surface area contributed by atoms with Crippen molar-refractivity contribution < 1.29 is 4.79 Å². The van der Waals surface area contributed by atoms with Crippen molar-refractivity contribution in [2.45, 2.75) is 39.3 Å². The summed E-state index contributed by atoms with van der Waals surface area (Å²) in [5.74, 6) is 0.331. The van der Waals surface area contributed by atoms with Crippen molar-refractivity contribution in [1.82, 2.24) is 20.8 Å². The molecule has 0 bridgehead atoms. The number of carbonyl (C=O) groups excluding carboxylic acids is 1. The molecule has 1 aliphatic rings. The van der Waals surface area contributed by atoms with E-state index in [2.05, 4.69) is 34.7 Å². The second-order valence-corrected chi connectivity index (χ2v) is 7.10. The maximum atomic E-state index is 12.8.